The maximum atomic E-state index is 11.9. The molecule has 4 nitrogen and oxygen atoms in total. The van der Waals surface area contributed by atoms with Crippen molar-refractivity contribution in [1.29, 1.82) is 0 Å². The molecular formula is C13H26N2O2. The standard InChI is InChI=1S/C13H26N2O2/c1-3-4-5-6-7-12(2)14-13(16)15-8-10-17-11-9-15/h12H,3-11H2,1-2H3,(H,14,16). The summed E-state index contributed by atoms with van der Waals surface area (Å²) in [5, 5.41) is 3.06. The van der Waals surface area contributed by atoms with Crippen molar-refractivity contribution >= 4 is 6.03 Å². The highest BCUT2D eigenvalue weighted by Crippen LogP contribution is 2.06. The molecule has 1 aliphatic rings. The summed E-state index contributed by atoms with van der Waals surface area (Å²) in [5.74, 6) is 0. The minimum absolute atomic E-state index is 0.0660. The fourth-order valence-electron chi connectivity index (χ4n) is 2.02. The molecule has 4 heteroatoms. The minimum atomic E-state index is 0.0660. The number of rotatable bonds is 6. The number of ether oxygens (including phenoxy) is 1. The molecule has 0 bridgehead atoms. The molecular weight excluding hydrogens is 216 g/mol. The molecule has 1 unspecified atom stereocenters. The highest BCUT2D eigenvalue weighted by molar-refractivity contribution is 5.74. The fraction of sp³-hybridized carbons (Fsp3) is 0.923. The molecule has 100 valence electrons. The van der Waals surface area contributed by atoms with Crippen LogP contribution in [0, 0.1) is 0 Å². The average Bonchev–Trinajstić information content (AvgIpc) is 2.36. The second kappa shape index (κ2) is 8.34. The van der Waals surface area contributed by atoms with Crippen molar-refractivity contribution in [3.63, 3.8) is 0 Å². The summed E-state index contributed by atoms with van der Waals surface area (Å²) in [4.78, 5) is 13.7. The second-order valence-electron chi connectivity index (χ2n) is 4.80. The van der Waals surface area contributed by atoms with Crippen LogP contribution < -0.4 is 5.32 Å². The quantitative estimate of drug-likeness (QED) is 0.727. The number of morpholine rings is 1. The topological polar surface area (TPSA) is 41.6 Å². The molecule has 0 saturated carbocycles. The molecule has 1 heterocycles. The van der Waals surface area contributed by atoms with E-state index in [9.17, 15) is 4.79 Å². The molecule has 17 heavy (non-hydrogen) atoms. The summed E-state index contributed by atoms with van der Waals surface area (Å²) in [6.45, 7) is 7.06. The Bertz CT molecular complexity index is 215. The van der Waals surface area contributed by atoms with Gasteiger partial charge in [0.1, 0.15) is 0 Å². The third-order valence-corrected chi connectivity index (χ3v) is 3.16. The molecule has 0 radical (unpaired) electrons. The van der Waals surface area contributed by atoms with E-state index in [1.165, 1.54) is 25.7 Å². The maximum absolute atomic E-state index is 11.9. The number of hydrogen-bond acceptors (Lipinski definition) is 2. The van der Waals surface area contributed by atoms with Gasteiger partial charge < -0.3 is 15.0 Å². The van der Waals surface area contributed by atoms with E-state index in [-0.39, 0.29) is 12.1 Å². The van der Waals surface area contributed by atoms with Gasteiger partial charge in [-0.05, 0) is 13.3 Å². The van der Waals surface area contributed by atoms with Crippen LogP contribution in [-0.2, 0) is 4.74 Å². The number of carbonyl (C=O) groups excluding carboxylic acids is 1. The maximum Gasteiger partial charge on any atom is 0.317 e. The molecule has 0 aliphatic carbocycles. The van der Waals surface area contributed by atoms with Crippen LogP contribution in [0.25, 0.3) is 0 Å². The van der Waals surface area contributed by atoms with E-state index >= 15 is 0 Å². The molecule has 1 rings (SSSR count). The van der Waals surface area contributed by atoms with Gasteiger partial charge in [0.15, 0.2) is 0 Å². The summed E-state index contributed by atoms with van der Waals surface area (Å²) in [6.07, 6.45) is 6.11. The first-order valence-corrected chi connectivity index (χ1v) is 6.87. The van der Waals surface area contributed by atoms with Gasteiger partial charge in [-0.2, -0.15) is 0 Å². The first-order chi connectivity index (χ1) is 8.24. The van der Waals surface area contributed by atoms with Gasteiger partial charge in [0.05, 0.1) is 13.2 Å². The van der Waals surface area contributed by atoms with Gasteiger partial charge in [-0.15, -0.1) is 0 Å². The van der Waals surface area contributed by atoms with Gasteiger partial charge in [-0.3, -0.25) is 0 Å². The smallest absolute Gasteiger partial charge is 0.317 e. The Kier molecular flexibility index (Phi) is 7.01. The first-order valence-electron chi connectivity index (χ1n) is 6.87. The third kappa shape index (κ3) is 5.91. The summed E-state index contributed by atoms with van der Waals surface area (Å²) < 4.78 is 5.22. The van der Waals surface area contributed by atoms with Gasteiger partial charge in [-0.1, -0.05) is 32.6 Å². The molecule has 0 aromatic carbocycles. The fourth-order valence-corrected chi connectivity index (χ4v) is 2.02. The van der Waals surface area contributed by atoms with E-state index in [0.29, 0.717) is 26.3 Å². The van der Waals surface area contributed by atoms with Crippen LogP contribution in [0.5, 0.6) is 0 Å². The normalized spacial score (nSPS) is 17.9. The minimum Gasteiger partial charge on any atom is -0.378 e. The number of amides is 2. The van der Waals surface area contributed by atoms with Crippen molar-refractivity contribution in [2.24, 2.45) is 0 Å². The summed E-state index contributed by atoms with van der Waals surface area (Å²) in [7, 11) is 0. The van der Waals surface area contributed by atoms with Gasteiger partial charge in [0.25, 0.3) is 0 Å². The molecule has 0 aromatic rings. The van der Waals surface area contributed by atoms with Gasteiger partial charge in [0.2, 0.25) is 0 Å². The number of nitrogens with zero attached hydrogens (tertiary/aromatic N) is 1. The Hall–Kier alpha value is -0.770. The average molecular weight is 242 g/mol. The number of carbonyl (C=O) groups is 1. The van der Waals surface area contributed by atoms with Crippen LogP contribution in [0.3, 0.4) is 0 Å². The summed E-state index contributed by atoms with van der Waals surface area (Å²) in [5.41, 5.74) is 0. The molecule has 1 atom stereocenters. The molecule has 1 fully saturated rings. The van der Waals surface area contributed by atoms with Crippen LogP contribution in [0.2, 0.25) is 0 Å². The summed E-state index contributed by atoms with van der Waals surface area (Å²) in [6, 6.07) is 0.346. The largest absolute Gasteiger partial charge is 0.378 e. The van der Waals surface area contributed by atoms with E-state index in [2.05, 4.69) is 19.2 Å². The zero-order valence-electron chi connectivity index (χ0n) is 11.2. The van der Waals surface area contributed by atoms with Crippen molar-refractivity contribution in [1.82, 2.24) is 10.2 Å². The lowest BCUT2D eigenvalue weighted by molar-refractivity contribution is 0.0525. The number of hydrogen-bond donors (Lipinski definition) is 1. The van der Waals surface area contributed by atoms with Crippen LogP contribution in [0.15, 0.2) is 0 Å². The Morgan fingerprint density at radius 3 is 2.65 bits per heavy atom. The number of unbranched alkanes of at least 4 members (excludes halogenated alkanes) is 3. The predicted octanol–water partition coefficient (Wildman–Crippen LogP) is 2.39. The second-order valence-corrected chi connectivity index (χ2v) is 4.80. The number of nitrogens with one attached hydrogen (secondary N) is 1. The Balaban J connectivity index is 2.11. The van der Waals surface area contributed by atoms with Crippen molar-refractivity contribution in [2.45, 2.75) is 52.0 Å². The zero-order valence-corrected chi connectivity index (χ0v) is 11.2. The van der Waals surface area contributed by atoms with E-state index in [1.807, 2.05) is 4.90 Å². The molecule has 1 aliphatic heterocycles. The molecule has 1 saturated heterocycles. The van der Waals surface area contributed by atoms with Crippen LogP contribution in [0.4, 0.5) is 4.79 Å². The molecule has 0 aromatic heterocycles. The molecule has 1 N–H and O–H groups in total. The Morgan fingerprint density at radius 2 is 2.00 bits per heavy atom. The van der Waals surface area contributed by atoms with E-state index in [0.717, 1.165) is 6.42 Å². The van der Waals surface area contributed by atoms with Crippen LogP contribution in [-0.4, -0.2) is 43.3 Å². The highest BCUT2D eigenvalue weighted by atomic mass is 16.5. The SMILES string of the molecule is CCCCCCC(C)NC(=O)N1CCOCC1. The Morgan fingerprint density at radius 1 is 1.29 bits per heavy atom. The van der Waals surface area contributed by atoms with Crippen molar-refractivity contribution in [3.05, 3.63) is 0 Å². The van der Waals surface area contributed by atoms with Crippen LogP contribution in [0.1, 0.15) is 46.0 Å². The lowest BCUT2D eigenvalue weighted by Gasteiger charge is -2.28. The van der Waals surface area contributed by atoms with Crippen molar-refractivity contribution in [2.75, 3.05) is 26.3 Å². The van der Waals surface area contributed by atoms with Crippen molar-refractivity contribution < 1.29 is 9.53 Å². The van der Waals surface area contributed by atoms with E-state index < -0.39 is 0 Å². The van der Waals surface area contributed by atoms with E-state index in [4.69, 9.17) is 4.74 Å². The van der Waals surface area contributed by atoms with E-state index in [1.54, 1.807) is 0 Å². The lowest BCUT2D eigenvalue weighted by atomic mass is 10.1. The van der Waals surface area contributed by atoms with Gasteiger partial charge in [-0.25, -0.2) is 4.79 Å². The predicted molar refractivity (Wildman–Crippen MR) is 69.1 cm³/mol. The zero-order chi connectivity index (χ0) is 12.5. The molecule has 2 amide bonds. The monoisotopic (exact) mass is 242 g/mol. The lowest BCUT2D eigenvalue weighted by Crippen LogP contribution is -2.48. The Labute approximate surface area is 105 Å². The van der Waals surface area contributed by atoms with Gasteiger partial charge >= 0.3 is 6.03 Å². The molecule has 0 spiro atoms. The first kappa shape index (κ1) is 14.3. The van der Waals surface area contributed by atoms with Gasteiger partial charge in [0, 0.05) is 19.1 Å². The highest BCUT2D eigenvalue weighted by Gasteiger charge is 2.17. The van der Waals surface area contributed by atoms with Crippen LogP contribution >= 0.6 is 0 Å². The summed E-state index contributed by atoms with van der Waals surface area (Å²) >= 11 is 0. The number of urea groups is 1. The van der Waals surface area contributed by atoms with Crippen molar-refractivity contribution in [3.8, 4) is 0 Å². The third-order valence-electron chi connectivity index (χ3n) is 3.16.